The highest BCUT2D eigenvalue weighted by Crippen LogP contribution is 2.27. The Balaban J connectivity index is 1.48. The van der Waals surface area contributed by atoms with Crippen LogP contribution in [-0.4, -0.2) is 51.2 Å². The minimum atomic E-state index is -0.848. The van der Waals surface area contributed by atoms with Gasteiger partial charge in [0.25, 0.3) is 11.5 Å². The highest BCUT2D eigenvalue weighted by Gasteiger charge is 2.33. The summed E-state index contributed by atoms with van der Waals surface area (Å²) in [4.78, 5) is 32.9. The second-order valence-corrected chi connectivity index (χ2v) is 7.00. The Kier molecular flexibility index (Phi) is 4.83. The number of rotatable bonds is 3. The van der Waals surface area contributed by atoms with Crippen LogP contribution in [-0.2, 0) is 0 Å². The Labute approximate surface area is 161 Å². The fourth-order valence-corrected chi connectivity index (χ4v) is 3.50. The second-order valence-electron chi connectivity index (χ2n) is 7.00. The van der Waals surface area contributed by atoms with Crippen LogP contribution in [0.2, 0.25) is 0 Å². The molecule has 28 heavy (non-hydrogen) atoms. The number of aliphatic hydroxyl groups is 1. The van der Waals surface area contributed by atoms with Crippen molar-refractivity contribution in [3.05, 3.63) is 70.4 Å². The van der Waals surface area contributed by atoms with Gasteiger partial charge in [-0.3, -0.25) is 14.6 Å². The van der Waals surface area contributed by atoms with E-state index < -0.39 is 17.8 Å². The number of carbonyl (C=O) groups excluding carboxylic acids is 1. The zero-order chi connectivity index (χ0) is 19.7. The average molecular weight is 379 g/mol. The number of hydrogen-bond acceptors (Lipinski definition) is 5. The predicted octanol–water partition coefficient (Wildman–Crippen LogP) is 1.89. The molecule has 0 spiro atoms. The third-order valence-corrected chi connectivity index (χ3v) is 5.01. The number of benzene rings is 1. The Hall–Kier alpha value is -3.19. The van der Waals surface area contributed by atoms with Crippen LogP contribution in [0.4, 0.5) is 0 Å². The molecule has 144 valence electrons. The van der Waals surface area contributed by atoms with Gasteiger partial charge in [0.1, 0.15) is 23.5 Å². The van der Waals surface area contributed by atoms with Crippen molar-refractivity contribution >= 4 is 16.7 Å². The smallest absolute Gasteiger partial charge is 0.260 e. The number of pyridine rings is 2. The standard InChI is InChI=1S/C21H21N3O4/c1-13-5-6-16(20(26)23-13)21(27)24-10-8-19(17(25)12-24)28-18-4-2-3-14-11-22-9-7-15(14)18/h2-7,9,11,17,19,25H,8,10,12H2,1H3,(H,23,26)/t17-,19-/m1/s1. The number of aromatic amines is 1. The van der Waals surface area contributed by atoms with E-state index in [4.69, 9.17) is 4.74 Å². The van der Waals surface area contributed by atoms with Crippen molar-refractivity contribution in [3.63, 3.8) is 0 Å². The molecule has 2 atom stereocenters. The van der Waals surface area contributed by atoms with Crippen LogP contribution in [0.1, 0.15) is 22.5 Å². The summed E-state index contributed by atoms with van der Waals surface area (Å²) in [5, 5.41) is 12.4. The lowest BCUT2D eigenvalue weighted by Crippen LogP contribution is -2.51. The molecule has 3 heterocycles. The van der Waals surface area contributed by atoms with Gasteiger partial charge < -0.3 is 19.7 Å². The third kappa shape index (κ3) is 3.48. The Morgan fingerprint density at radius 2 is 2.14 bits per heavy atom. The Bertz CT molecular complexity index is 1070. The summed E-state index contributed by atoms with van der Waals surface area (Å²) in [7, 11) is 0. The number of aromatic nitrogens is 2. The van der Waals surface area contributed by atoms with Gasteiger partial charge in [0.2, 0.25) is 0 Å². The predicted molar refractivity (Wildman–Crippen MR) is 104 cm³/mol. The Morgan fingerprint density at radius 3 is 2.93 bits per heavy atom. The van der Waals surface area contributed by atoms with E-state index in [-0.39, 0.29) is 18.0 Å². The van der Waals surface area contributed by atoms with Gasteiger partial charge in [-0.25, -0.2) is 0 Å². The molecule has 0 saturated carbocycles. The third-order valence-electron chi connectivity index (χ3n) is 5.01. The first-order chi connectivity index (χ1) is 13.5. The molecule has 7 nitrogen and oxygen atoms in total. The maximum Gasteiger partial charge on any atom is 0.260 e. The fourth-order valence-electron chi connectivity index (χ4n) is 3.50. The van der Waals surface area contributed by atoms with Gasteiger partial charge in [-0.05, 0) is 31.2 Å². The van der Waals surface area contributed by atoms with E-state index >= 15 is 0 Å². The summed E-state index contributed by atoms with van der Waals surface area (Å²) in [6, 6.07) is 10.8. The molecule has 1 aliphatic rings. The van der Waals surface area contributed by atoms with Crippen LogP contribution >= 0.6 is 0 Å². The van der Waals surface area contributed by atoms with Gasteiger partial charge >= 0.3 is 0 Å². The van der Waals surface area contributed by atoms with Crippen molar-refractivity contribution in [2.75, 3.05) is 13.1 Å². The first-order valence-electron chi connectivity index (χ1n) is 9.19. The monoisotopic (exact) mass is 379 g/mol. The Morgan fingerprint density at radius 1 is 1.29 bits per heavy atom. The molecule has 1 saturated heterocycles. The minimum absolute atomic E-state index is 0.0821. The molecule has 1 aromatic carbocycles. The zero-order valence-corrected chi connectivity index (χ0v) is 15.5. The largest absolute Gasteiger partial charge is 0.487 e. The quantitative estimate of drug-likeness (QED) is 0.725. The summed E-state index contributed by atoms with van der Waals surface area (Å²) in [6.07, 6.45) is 2.65. The van der Waals surface area contributed by atoms with Crippen LogP contribution in [0.15, 0.2) is 53.6 Å². The SMILES string of the molecule is Cc1ccc(C(=O)N2CC[C@@H](Oc3cccc4cnccc34)[C@H](O)C2)c(=O)[nH]1. The molecule has 2 aromatic heterocycles. The first-order valence-corrected chi connectivity index (χ1v) is 9.19. The van der Waals surface area contributed by atoms with Gasteiger partial charge in [-0.15, -0.1) is 0 Å². The number of likely N-dealkylation sites (tertiary alicyclic amines) is 1. The highest BCUT2D eigenvalue weighted by molar-refractivity contribution is 5.94. The van der Waals surface area contributed by atoms with Crippen molar-refractivity contribution in [1.82, 2.24) is 14.9 Å². The van der Waals surface area contributed by atoms with Crippen molar-refractivity contribution in [2.24, 2.45) is 0 Å². The molecule has 0 bridgehead atoms. The van der Waals surface area contributed by atoms with Crippen molar-refractivity contribution in [3.8, 4) is 5.75 Å². The highest BCUT2D eigenvalue weighted by atomic mass is 16.5. The van der Waals surface area contributed by atoms with Crippen LogP contribution < -0.4 is 10.3 Å². The molecule has 0 aliphatic carbocycles. The number of nitrogens with one attached hydrogen (secondary N) is 1. The number of ether oxygens (including phenoxy) is 1. The van der Waals surface area contributed by atoms with Crippen LogP contribution in [0.5, 0.6) is 5.75 Å². The molecule has 0 radical (unpaired) electrons. The lowest BCUT2D eigenvalue weighted by molar-refractivity contribution is -0.0193. The molecular weight excluding hydrogens is 358 g/mol. The van der Waals surface area contributed by atoms with Crippen molar-refractivity contribution in [2.45, 2.75) is 25.6 Å². The zero-order valence-electron chi connectivity index (χ0n) is 15.5. The summed E-state index contributed by atoms with van der Waals surface area (Å²) in [5.74, 6) is 0.300. The lowest BCUT2D eigenvalue weighted by atomic mass is 10.0. The van der Waals surface area contributed by atoms with Crippen molar-refractivity contribution < 1.29 is 14.6 Å². The van der Waals surface area contributed by atoms with Crippen LogP contribution in [0.3, 0.4) is 0 Å². The summed E-state index contributed by atoms with van der Waals surface area (Å²) in [5.41, 5.74) is 0.361. The summed E-state index contributed by atoms with van der Waals surface area (Å²) >= 11 is 0. The number of piperidine rings is 1. The molecule has 4 rings (SSSR count). The van der Waals surface area contributed by atoms with E-state index in [1.165, 1.54) is 11.0 Å². The average Bonchev–Trinajstić information content (AvgIpc) is 2.69. The molecule has 1 amide bonds. The number of hydrogen-bond donors (Lipinski definition) is 2. The van der Waals surface area contributed by atoms with Gasteiger partial charge in [-0.1, -0.05) is 12.1 Å². The first kappa shape index (κ1) is 18.2. The van der Waals surface area contributed by atoms with Crippen LogP contribution in [0.25, 0.3) is 10.8 Å². The molecular formula is C21H21N3O4. The van der Waals surface area contributed by atoms with E-state index in [1.54, 1.807) is 25.4 Å². The fraction of sp³-hybridized carbons (Fsp3) is 0.286. The van der Waals surface area contributed by atoms with E-state index in [0.29, 0.717) is 24.4 Å². The van der Waals surface area contributed by atoms with Gasteiger partial charge in [0.05, 0.1) is 6.54 Å². The minimum Gasteiger partial charge on any atom is -0.487 e. The number of carbonyl (C=O) groups is 1. The van der Waals surface area contributed by atoms with E-state index in [9.17, 15) is 14.7 Å². The van der Waals surface area contributed by atoms with Crippen LogP contribution in [0, 0.1) is 6.92 Å². The van der Waals surface area contributed by atoms with Gasteiger partial charge in [0.15, 0.2) is 0 Å². The molecule has 1 fully saturated rings. The number of aryl methyl sites for hydroxylation is 1. The van der Waals surface area contributed by atoms with E-state index in [0.717, 1.165) is 10.8 Å². The molecule has 3 aromatic rings. The van der Waals surface area contributed by atoms with Gasteiger partial charge in [-0.2, -0.15) is 0 Å². The van der Waals surface area contributed by atoms with E-state index in [2.05, 4.69) is 9.97 Å². The summed E-state index contributed by atoms with van der Waals surface area (Å²) < 4.78 is 6.07. The topological polar surface area (TPSA) is 95.5 Å². The second kappa shape index (κ2) is 7.44. The maximum atomic E-state index is 12.7. The molecule has 2 N–H and O–H groups in total. The number of fused-ring (bicyclic) bond motifs is 1. The summed E-state index contributed by atoms with van der Waals surface area (Å²) in [6.45, 7) is 2.27. The van der Waals surface area contributed by atoms with Crippen molar-refractivity contribution in [1.29, 1.82) is 0 Å². The molecule has 0 unspecified atom stereocenters. The normalized spacial score (nSPS) is 19.6. The molecule has 7 heteroatoms. The number of β-amino-alcohol motifs (C(OH)–C–C–N with tert-alkyl or cyclic N) is 1. The van der Waals surface area contributed by atoms with E-state index in [1.807, 2.05) is 24.3 Å². The number of aliphatic hydroxyl groups excluding tert-OH is 1. The maximum absolute atomic E-state index is 12.7. The number of H-pyrrole nitrogens is 1. The number of nitrogens with zero attached hydrogens (tertiary/aromatic N) is 2. The molecule has 1 aliphatic heterocycles. The number of amides is 1. The van der Waals surface area contributed by atoms with Gasteiger partial charge in [0, 0.05) is 41.8 Å². The lowest BCUT2D eigenvalue weighted by Gasteiger charge is -2.36.